The number of ether oxygens (including phenoxy) is 1. The van der Waals surface area contributed by atoms with Gasteiger partial charge in [-0.1, -0.05) is 48.0 Å². The minimum absolute atomic E-state index is 0.296. The third-order valence-electron chi connectivity index (χ3n) is 3.62. The Labute approximate surface area is 151 Å². The maximum atomic E-state index is 12.2. The number of anilines is 1. The molecule has 0 aliphatic carbocycles. The SMILES string of the molecule is Cc1cc(Br)ccc1NC(=O)NC(C)Oc1ccccc1C(C)C. The summed E-state index contributed by atoms with van der Waals surface area (Å²) in [6, 6.07) is 13.3. The van der Waals surface area contributed by atoms with E-state index in [1.54, 1.807) is 0 Å². The number of aryl methyl sites for hydroxylation is 1. The predicted octanol–water partition coefficient (Wildman–Crippen LogP) is 5.43. The number of carbonyl (C=O) groups excluding carboxylic acids is 1. The molecular weight excluding hydrogens is 368 g/mol. The highest BCUT2D eigenvalue weighted by Crippen LogP contribution is 2.26. The van der Waals surface area contributed by atoms with Gasteiger partial charge >= 0.3 is 6.03 Å². The van der Waals surface area contributed by atoms with Gasteiger partial charge in [0.05, 0.1) is 0 Å². The molecule has 0 saturated heterocycles. The fourth-order valence-corrected chi connectivity index (χ4v) is 2.87. The van der Waals surface area contributed by atoms with Gasteiger partial charge < -0.3 is 15.4 Å². The van der Waals surface area contributed by atoms with Gasteiger partial charge in [-0.15, -0.1) is 0 Å². The zero-order valence-corrected chi connectivity index (χ0v) is 16.0. The van der Waals surface area contributed by atoms with Gasteiger partial charge in [-0.25, -0.2) is 4.79 Å². The van der Waals surface area contributed by atoms with Crippen molar-refractivity contribution in [3.63, 3.8) is 0 Å². The van der Waals surface area contributed by atoms with E-state index in [4.69, 9.17) is 4.74 Å². The van der Waals surface area contributed by atoms with Crippen molar-refractivity contribution < 1.29 is 9.53 Å². The van der Waals surface area contributed by atoms with E-state index in [0.29, 0.717) is 5.92 Å². The number of carbonyl (C=O) groups is 1. The van der Waals surface area contributed by atoms with Gasteiger partial charge in [-0.3, -0.25) is 0 Å². The molecule has 0 aliphatic heterocycles. The molecule has 0 fully saturated rings. The average Bonchev–Trinajstić information content (AvgIpc) is 2.50. The molecule has 24 heavy (non-hydrogen) atoms. The van der Waals surface area contributed by atoms with E-state index < -0.39 is 6.23 Å². The number of hydrogen-bond acceptors (Lipinski definition) is 2. The summed E-state index contributed by atoms with van der Waals surface area (Å²) >= 11 is 3.41. The molecule has 0 saturated carbocycles. The second kappa shape index (κ2) is 8.20. The molecule has 0 spiro atoms. The van der Waals surface area contributed by atoms with Crippen LogP contribution in [0.3, 0.4) is 0 Å². The molecule has 0 radical (unpaired) electrons. The first-order chi connectivity index (χ1) is 11.4. The van der Waals surface area contributed by atoms with Gasteiger partial charge in [-0.05, 0) is 55.2 Å². The van der Waals surface area contributed by atoms with E-state index in [1.807, 2.05) is 56.3 Å². The molecule has 0 heterocycles. The lowest BCUT2D eigenvalue weighted by Crippen LogP contribution is -2.39. The van der Waals surface area contributed by atoms with E-state index >= 15 is 0 Å². The van der Waals surface area contributed by atoms with Gasteiger partial charge in [-0.2, -0.15) is 0 Å². The van der Waals surface area contributed by atoms with Crippen molar-refractivity contribution >= 4 is 27.6 Å². The number of halogens is 1. The van der Waals surface area contributed by atoms with Crippen molar-refractivity contribution in [2.45, 2.75) is 39.8 Å². The monoisotopic (exact) mass is 390 g/mol. The molecule has 5 heteroatoms. The average molecular weight is 391 g/mol. The number of amides is 2. The number of urea groups is 1. The highest BCUT2D eigenvalue weighted by molar-refractivity contribution is 9.10. The van der Waals surface area contributed by atoms with Crippen molar-refractivity contribution in [2.24, 2.45) is 0 Å². The minimum Gasteiger partial charge on any atom is -0.471 e. The zero-order valence-electron chi connectivity index (χ0n) is 14.4. The topological polar surface area (TPSA) is 50.4 Å². The normalized spacial score (nSPS) is 11.9. The van der Waals surface area contributed by atoms with E-state index in [1.165, 1.54) is 0 Å². The minimum atomic E-state index is -0.444. The lowest BCUT2D eigenvalue weighted by Gasteiger charge is -2.20. The summed E-state index contributed by atoms with van der Waals surface area (Å²) in [5.41, 5.74) is 2.87. The Hall–Kier alpha value is -2.01. The summed E-state index contributed by atoms with van der Waals surface area (Å²) in [4.78, 5) is 12.2. The van der Waals surface area contributed by atoms with Crippen LogP contribution in [0.4, 0.5) is 10.5 Å². The van der Waals surface area contributed by atoms with Crippen LogP contribution in [0.25, 0.3) is 0 Å². The highest BCUT2D eigenvalue weighted by atomic mass is 79.9. The Morgan fingerprint density at radius 1 is 1.12 bits per heavy atom. The summed E-state index contributed by atoms with van der Waals surface area (Å²) in [6.45, 7) is 7.98. The van der Waals surface area contributed by atoms with Crippen LogP contribution in [0.1, 0.15) is 37.8 Å². The van der Waals surface area contributed by atoms with Crippen molar-refractivity contribution in [3.05, 3.63) is 58.1 Å². The van der Waals surface area contributed by atoms with Crippen LogP contribution in [0.5, 0.6) is 5.75 Å². The van der Waals surface area contributed by atoms with E-state index in [0.717, 1.165) is 27.0 Å². The Morgan fingerprint density at radius 2 is 1.83 bits per heavy atom. The molecule has 0 bridgehead atoms. The largest absolute Gasteiger partial charge is 0.471 e. The number of rotatable bonds is 5. The molecule has 4 nitrogen and oxygen atoms in total. The molecule has 2 aromatic rings. The van der Waals surface area contributed by atoms with E-state index in [-0.39, 0.29) is 6.03 Å². The molecule has 128 valence electrons. The van der Waals surface area contributed by atoms with Crippen molar-refractivity contribution in [3.8, 4) is 5.75 Å². The Morgan fingerprint density at radius 3 is 2.50 bits per heavy atom. The van der Waals surface area contributed by atoms with Crippen molar-refractivity contribution in [1.82, 2.24) is 5.32 Å². The van der Waals surface area contributed by atoms with Crippen LogP contribution < -0.4 is 15.4 Å². The second-order valence-electron chi connectivity index (χ2n) is 6.01. The van der Waals surface area contributed by atoms with Crippen molar-refractivity contribution in [1.29, 1.82) is 0 Å². The second-order valence-corrected chi connectivity index (χ2v) is 6.93. The summed E-state index contributed by atoms with van der Waals surface area (Å²) in [5, 5.41) is 5.64. The third kappa shape index (κ3) is 4.99. The Kier molecular flexibility index (Phi) is 6.26. The molecule has 2 N–H and O–H groups in total. The van der Waals surface area contributed by atoms with Crippen molar-refractivity contribution in [2.75, 3.05) is 5.32 Å². The molecule has 1 atom stereocenters. The first-order valence-corrected chi connectivity index (χ1v) is 8.75. The molecule has 2 aromatic carbocycles. The van der Waals surface area contributed by atoms with Crippen LogP contribution in [-0.4, -0.2) is 12.3 Å². The molecule has 1 unspecified atom stereocenters. The zero-order chi connectivity index (χ0) is 17.7. The van der Waals surface area contributed by atoms with Gasteiger partial charge in [0.25, 0.3) is 0 Å². The quantitative estimate of drug-likeness (QED) is 0.668. The molecule has 2 amide bonds. The Bertz CT molecular complexity index is 716. The van der Waals surface area contributed by atoms with Crippen LogP contribution >= 0.6 is 15.9 Å². The number of nitrogens with one attached hydrogen (secondary N) is 2. The molecule has 0 aromatic heterocycles. The number of benzene rings is 2. The maximum Gasteiger partial charge on any atom is 0.322 e. The van der Waals surface area contributed by atoms with Gasteiger partial charge in [0.15, 0.2) is 6.23 Å². The summed E-state index contributed by atoms with van der Waals surface area (Å²) < 4.78 is 6.86. The van der Waals surface area contributed by atoms with Gasteiger partial charge in [0, 0.05) is 10.2 Å². The van der Waals surface area contributed by atoms with Crippen LogP contribution in [0.2, 0.25) is 0 Å². The van der Waals surface area contributed by atoms with Crippen LogP contribution in [0, 0.1) is 6.92 Å². The van der Waals surface area contributed by atoms with Gasteiger partial charge in [0.1, 0.15) is 5.75 Å². The first-order valence-electron chi connectivity index (χ1n) is 7.96. The fourth-order valence-electron chi connectivity index (χ4n) is 2.40. The third-order valence-corrected chi connectivity index (χ3v) is 4.11. The lowest BCUT2D eigenvalue weighted by atomic mass is 10.0. The summed E-state index contributed by atoms with van der Waals surface area (Å²) in [6.07, 6.45) is -0.444. The van der Waals surface area contributed by atoms with E-state index in [9.17, 15) is 4.79 Å². The predicted molar refractivity (Wildman–Crippen MR) is 102 cm³/mol. The molecule has 0 aliphatic rings. The first kappa shape index (κ1) is 18.3. The molecule has 2 rings (SSSR count). The van der Waals surface area contributed by atoms with Crippen LogP contribution in [0.15, 0.2) is 46.9 Å². The fraction of sp³-hybridized carbons (Fsp3) is 0.316. The van der Waals surface area contributed by atoms with Gasteiger partial charge in [0.2, 0.25) is 0 Å². The summed E-state index contributed by atoms with van der Waals surface area (Å²) in [5.74, 6) is 1.15. The molecular formula is C19H23BrN2O2. The van der Waals surface area contributed by atoms with Crippen LogP contribution in [-0.2, 0) is 0 Å². The number of hydrogen-bond donors (Lipinski definition) is 2. The summed E-state index contributed by atoms with van der Waals surface area (Å²) in [7, 11) is 0. The Balaban J connectivity index is 1.97. The lowest BCUT2D eigenvalue weighted by molar-refractivity contribution is 0.181. The highest BCUT2D eigenvalue weighted by Gasteiger charge is 2.13. The smallest absolute Gasteiger partial charge is 0.322 e. The number of para-hydroxylation sites is 1. The van der Waals surface area contributed by atoms with E-state index in [2.05, 4.69) is 40.4 Å². The standard InChI is InChI=1S/C19H23BrN2O2/c1-12(2)16-7-5-6-8-18(16)24-14(4)21-19(23)22-17-10-9-15(20)11-13(17)3/h5-12,14H,1-4H3,(H2,21,22,23). The maximum absolute atomic E-state index is 12.2.